The second kappa shape index (κ2) is 7.92. The number of nitrogens with zero attached hydrogens (tertiary/aromatic N) is 3. The molecule has 0 radical (unpaired) electrons. The van der Waals surface area contributed by atoms with Crippen LogP contribution in [0.5, 0.6) is 0 Å². The third-order valence-electron chi connectivity index (χ3n) is 4.52. The summed E-state index contributed by atoms with van der Waals surface area (Å²) in [6.45, 7) is 3.11. The van der Waals surface area contributed by atoms with Crippen molar-refractivity contribution in [1.29, 1.82) is 0 Å². The van der Waals surface area contributed by atoms with Crippen molar-refractivity contribution in [2.45, 2.75) is 33.2 Å². The van der Waals surface area contributed by atoms with E-state index in [9.17, 15) is 29.6 Å². The van der Waals surface area contributed by atoms with Crippen LogP contribution < -0.4 is 5.56 Å². The first-order chi connectivity index (χ1) is 13.7. The first kappa shape index (κ1) is 20.3. The number of carbonyl (C=O) groups excluding carboxylic acids is 1. The highest BCUT2D eigenvalue weighted by Crippen LogP contribution is 2.28. The van der Waals surface area contributed by atoms with Crippen LogP contribution in [0, 0.1) is 17.0 Å². The molecule has 1 aromatic carbocycles. The predicted octanol–water partition coefficient (Wildman–Crippen LogP) is 2.94. The Morgan fingerprint density at radius 2 is 1.93 bits per heavy atom. The third-order valence-corrected chi connectivity index (χ3v) is 5.69. The number of rotatable bonds is 7. The van der Waals surface area contributed by atoms with Gasteiger partial charge in [-0.3, -0.25) is 24.3 Å². The van der Waals surface area contributed by atoms with Crippen molar-refractivity contribution in [2.75, 3.05) is 0 Å². The van der Waals surface area contributed by atoms with Crippen LogP contribution in [0.4, 0.5) is 5.69 Å². The quantitative estimate of drug-likeness (QED) is 0.463. The van der Waals surface area contributed by atoms with Crippen LogP contribution in [0.1, 0.15) is 40.0 Å². The lowest BCUT2D eigenvalue weighted by molar-refractivity contribution is -0.384. The molecule has 10 heteroatoms. The number of hydrogen-bond acceptors (Lipinski definition) is 7. The van der Waals surface area contributed by atoms with Crippen LogP contribution in [-0.2, 0) is 17.8 Å². The summed E-state index contributed by atoms with van der Waals surface area (Å²) in [5, 5.41) is 20.4. The van der Waals surface area contributed by atoms with Crippen LogP contribution >= 0.6 is 11.3 Å². The number of carboxylic acid groups (broad SMARTS) is 1. The summed E-state index contributed by atoms with van der Waals surface area (Å²) in [6.07, 6.45) is 0.343. The zero-order valence-electron chi connectivity index (χ0n) is 15.7. The SMILES string of the molecule is CC(=O)CCn1c(Cc2ccc([N+](=O)[O-])cc2)nc2sc(C(=O)O)c(C)c2c1=O. The molecule has 0 saturated carbocycles. The Morgan fingerprint density at radius 3 is 2.48 bits per heavy atom. The lowest BCUT2D eigenvalue weighted by Crippen LogP contribution is -2.26. The summed E-state index contributed by atoms with van der Waals surface area (Å²) in [4.78, 5) is 51.2. The maximum absolute atomic E-state index is 13.1. The highest BCUT2D eigenvalue weighted by Gasteiger charge is 2.21. The molecule has 0 unspecified atom stereocenters. The first-order valence-corrected chi connectivity index (χ1v) is 9.49. The molecule has 0 aliphatic carbocycles. The fourth-order valence-corrected chi connectivity index (χ4v) is 4.04. The average Bonchev–Trinajstić information content (AvgIpc) is 2.98. The van der Waals surface area contributed by atoms with Crippen LogP contribution in [-0.4, -0.2) is 31.3 Å². The van der Waals surface area contributed by atoms with Gasteiger partial charge in [0.15, 0.2) is 0 Å². The number of thiophene rings is 1. The number of aromatic carboxylic acids is 1. The van der Waals surface area contributed by atoms with E-state index in [4.69, 9.17) is 0 Å². The summed E-state index contributed by atoms with van der Waals surface area (Å²) in [5.74, 6) is -0.848. The van der Waals surface area contributed by atoms with Gasteiger partial charge in [-0.1, -0.05) is 12.1 Å². The number of Topliss-reactive ketones (excluding diaryl/α,β-unsaturated/α-hetero) is 1. The summed E-state index contributed by atoms with van der Waals surface area (Å²) in [6, 6.07) is 5.88. The highest BCUT2D eigenvalue weighted by atomic mass is 32.1. The first-order valence-electron chi connectivity index (χ1n) is 8.68. The number of carboxylic acids is 1. The van der Waals surface area contributed by atoms with E-state index in [0.29, 0.717) is 21.8 Å². The zero-order valence-corrected chi connectivity index (χ0v) is 16.5. The topological polar surface area (TPSA) is 132 Å². The van der Waals surface area contributed by atoms with Gasteiger partial charge in [-0.05, 0) is 25.0 Å². The largest absolute Gasteiger partial charge is 0.477 e. The Labute approximate surface area is 168 Å². The normalized spacial score (nSPS) is 11.0. The van der Waals surface area contributed by atoms with E-state index in [-0.39, 0.29) is 41.1 Å². The van der Waals surface area contributed by atoms with Gasteiger partial charge in [0.25, 0.3) is 11.2 Å². The van der Waals surface area contributed by atoms with Gasteiger partial charge >= 0.3 is 5.97 Å². The molecule has 150 valence electrons. The van der Waals surface area contributed by atoms with Gasteiger partial charge in [0, 0.05) is 31.5 Å². The predicted molar refractivity (Wildman–Crippen MR) is 107 cm³/mol. The summed E-state index contributed by atoms with van der Waals surface area (Å²) in [5.41, 5.74) is 0.610. The van der Waals surface area contributed by atoms with E-state index in [1.165, 1.54) is 23.6 Å². The second-order valence-electron chi connectivity index (χ2n) is 6.58. The number of aryl methyl sites for hydroxylation is 1. The highest BCUT2D eigenvalue weighted by molar-refractivity contribution is 7.20. The number of ketones is 1. The van der Waals surface area contributed by atoms with Crippen molar-refractivity contribution in [3.8, 4) is 0 Å². The minimum absolute atomic E-state index is 0.0499. The average molecular weight is 415 g/mol. The van der Waals surface area contributed by atoms with E-state index < -0.39 is 16.5 Å². The molecule has 0 aliphatic rings. The minimum atomic E-state index is -1.13. The number of hydrogen-bond donors (Lipinski definition) is 1. The van der Waals surface area contributed by atoms with Crippen molar-refractivity contribution < 1.29 is 19.6 Å². The van der Waals surface area contributed by atoms with Gasteiger partial charge in [0.1, 0.15) is 21.3 Å². The summed E-state index contributed by atoms with van der Waals surface area (Å²) < 4.78 is 1.39. The molecule has 1 N–H and O–H groups in total. The number of carbonyl (C=O) groups is 2. The number of fused-ring (bicyclic) bond motifs is 1. The Kier molecular flexibility index (Phi) is 5.55. The fourth-order valence-electron chi connectivity index (χ4n) is 3.02. The lowest BCUT2D eigenvalue weighted by Gasteiger charge is -2.12. The Morgan fingerprint density at radius 1 is 1.28 bits per heavy atom. The standard InChI is InChI=1S/C19H17N3O6S/c1-10(23)7-8-21-14(9-12-3-5-13(6-4-12)22(27)28)20-17-15(18(21)24)11(2)16(29-17)19(25)26/h3-6H,7-9H2,1-2H3,(H,25,26). The van der Waals surface area contributed by atoms with Crippen molar-refractivity contribution in [3.05, 3.63) is 66.6 Å². The maximum atomic E-state index is 13.1. The fraction of sp³-hybridized carbons (Fsp3) is 0.263. The van der Waals surface area contributed by atoms with Crippen molar-refractivity contribution >= 4 is 39.0 Å². The van der Waals surface area contributed by atoms with E-state index in [1.54, 1.807) is 19.1 Å². The molecule has 0 saturated heterocycles. The van der Waals surface area contributed by atoms with Crippen LogP contribution in [0.3, 0.4) is 0 Å². The van der Waals surface area contributed by atoms with E-state index in [1.807, 2.05) is 0 Å². The molecule has 2 aromatic heterocycles. The molecule has 0 aliphatic heterocycles. The maximum Gasteiger partial charge on any atom is 0.346 e. The molecule has 0 amide bonds. The molecule has 29 heavy (non-hydrogen) atoms. The van der Waals surface area contributed by atoms with E-state index in [0.717, 1.165) is 11.3 Å². The molecule has 0 bridgehead atoms. The number of benzene rings is 1. The molecule has 0 atom stereocenters. The molecule has 2 heterocycles. The number of nitro benzene ring substituents is 1. The third kappa shape index (κ3) is 4.06. The Bertz CT molecular complexity index is 1190. The van der Waals surface area contributed by atoms with Gasteiger partial charge in [0.05, 0.1) is 10.3 Å². The summed E-state index contributed by atoms with van der Waals surface area (Å²) >= 11 is 0.930. The number of nitro groups is 1. The Hall–Kier alpha value is -3.40. The van der Waals surface area contributed by atoms with Gasteiger partial charge in [-0.2, -0.15) is 0 Å². The Balaban J connectivity index is 2.13. The van der Waals surface area contributed by atoms with Crippen molar-refractivity contribution in [2.24, 2.45) is 0 Å². The molecular formula is C19H17N3O6S. The minimum Gasteiger partial charge on any atom is -0.477 e. The molecule has 3 rings (SSSR count). The molecule has 3 aromatic rings. The molecule has 0 spiro atoms. The van der Waals surface area contributed by atoms with Gasteiger partial charge in [0.2, 0.25) is 0 Å². The molecular weight excluding hydrogens is 398 g/mol. The van der Waals surface area contributed by atoms with E-state index in [2.05, 4.69) is 4.98 Å². The van der Waals surface area contributed by atoms with E-state index >= 15 is 0 Å². The van der Waals surface area contributed by atoms with Crippen molar-refractivity contribution in [1.82, 2.24) is 9.55 Å². The van der Waals surface area contributed by atoms with Crippen LogP contribution in [0.15, 0.2) is 29.1 Å². The molecule has 0 fully saturated rings. The van der Waals surface area contributed by atoms with Gasteiger partial charge in [-0.25, -0.2) is 9.78 Å². The second-order valence-corrected chi connectivity index (χ2v) is 7.58. The number of non-ortho nitro benzene ring substituents is 1. The van der Waals surface area contributed by atoms with Crippen molar-refractivity contribution in [3.63, 3.8) is 0 Å². The zero-order chi connectivity index (χ0) is 21.3. The molecule has 9 nitrogen and oxygen atoms in total. The smallest absolute Gasteiger partial charge is 0.346 e. The number of aromatic nitrogens is 2. The summed E-state index contributed by atoms with van der Waals surface area (Å²) in [7, 11) is 0. The van der Waals surface area contributed by atoms with Crippen LogP contribution in [0.2, 0.25) is 0 Å². The lowest BCUT2D eigenvalue weighted by atomic mass is 10.1. The van der Waals surface area contributed by atoms with Crippen LogP contribution in [0.25, 0.3) is 10.2 Å². The van der Waals surface area contributed by atoms with Gasteiger partial charge in [-0.15, -0.1) is 11.3 Å². The van der Waals surface area contributed by atoms with Gasteiger partial charge < -0.3 is 5.11 Å². The monoisotopic (exact) mass is 415 g/mol.